The molecule has 0 fully saturated rings. The summed E-state index contributed by atoms with van der Waals surface area (Å²) in [5, 5.41) is 3.02. The Kier molecular flexibility index (Phi) is 7.51. The van der Waals surface area contributed by atoms with Gasteiger partial charge in [-0.1, -0.05) is 59.6 Å². The summed E-state index contributed by atoms with van der Waals surface area (Å²) in [6.45, 7) is 0. The molecule has 202 valence electrons. The zero-order chi connectivity index (χ0) is 27.9. The largest absolute Gasteiger partial charge is 0.416 e. The maximum atomic E-state index is 13.2. The number of anilines is 1. The molecule has 12 heteroatoms. The van der Waals surface area contributed by atoms with Crippen molar-refractivity contribution < 1.29 is 26.4 Å². The standard InChI is InChI=1S/C27H19Cl2F3N2O3S2/c28-23-14-24(38-25(23)29)39(36,37)34-20-11-16-7-10-19(12-17(16)13-20)33-26(35)22-4-2-1-3-21(22)15-5-8-18(9-6-15)27(30,31)32/h1-10,12,14,20,34H,11,13H2,(H,33,35). The second-order valence-electron chi connectivity index (χ2n) is 8.97. The van der Waals surface area contributed by atoms with Gasteiger partial charge in [-0.2, -0.15) is 13.2 Å². The van der Waals surface area contributed by atoms with Gasteiger partial charge in [0.2, 0.25) is 10.0 Å². The summed E-state index contributed by atoms with van der Waals surface area (Å²) in [6, 6.07) is 17.6. The molecule has 39 heavy (non-hydrogen) atoms. The number of sulfonamides is 1. The van der Waals surface area contributed by atoms with Gasteiger partial charge in [0.25, 0.3) is 5.91 Å². The summed E-state index contributed by atoms with van der Waals surface area (Å²) in [5.41, 5.74) is 2.86. The molecule has 3 aromatic carbocycles. The van der Waals surface area contributed by atoms with Gasteiger partial charge in [0, 0.05) is 17.3 Å². The van der Waals surface area contributed by atoms with E-state index in [-0.39, 0.29) is 19.6 Å². The van der Waals surface area contributed by atoms with Gasteiger partial charge in [-0.3, -0.25) is 4.79 Å². The Bertz CT molecular complexity index is 1650. The third kappa shape index (κ3) is 6.00. The van der Waals surface area contributed by atoms with Crippen LogP contribution in [0.1, 0.15) is 27.0 Å². The summed E-state index contributed by atoms with van der Waals surface area (Å²) in [6.07, 6.45) is -3.55. The smallest absolute Gasteiger partial charge is 0.322 e. The summed E-state index contributed by atoms with van der Waals surface area (Å²) in [7, 11) is -3.80. The Morgan fingerprint density at radius 1 is 0.923 bits per heavy atom. The number of nitrogens with one attached hydrogen (secondary N) is 2. The van der Waals surface area contributed by atoms with Crippen LogP contribution < -0.4 is 10.0 Å². The number of carbonyl (C=O) groups is 1. The summed E-state index contributed by atoms with van der Waals surface area (Å²) >= 11 is 12.7. The van der Waals surface area contributed by atoms with Crippen LogP contribution in [0.2, 0.25) is 9.36 Å². The van der Waals surface area contributed by atoms with Crippen LogP contribution in [0.25, 0.3) is 11.1 Å². The number of fused-ring (bicyclic) bond motifs is 1. The molecule has 0 bridgehead atoms. The van der Waals surface area contributed by atoms with Gasteiger partial charge >= 0.3 is 6.18 Å². The van der Waals surface area contributed by atoms with E-state index < -0.39 is 27.7 Å². The number of alkyl halides is 3. The van der Waals surface area contributed by atoms with Crippen LogP contribution in [0.15, 0.2) is 77.0 Å². The molecule has 0 aliphatic heterocycles. The van der Waals surface area contributed by atoms with Crippen LogP contribution >= 0.6 is 34.5 Å². The molecular formula is C27H19Cl2F3N2O3S2. The van der Waals surface area contributed by atoms with Gasteiger partial charge < -0.3 is 5.32 Å². The van der Waals surface area contributed by atoms with E-state index >= 15 is 0 Å². The van der Waals surface area contributed by atoms with E-state index in [0.29, 0.717) is 35.2 Å². The zero-order valence-corrected chi connectivity index (χ0v) is 23.0. The fourth-order valence-electron chi connectivity index (χ4n) is 4.49. The maximum absolute atomic E-state index is 13.2. The number of hydrogen-bond donors (Lipinski definition) is 2. The van der Waals surface area contributed by atoms with E-state index in [2.05, 4.69) is 10.0 Å². The van der Waals surface area contributed by atoms with E-state index in [9.17, 15) is 26.4 Å². The second-order valence-corrected chi connectivity index (χ2v) is 13.0. The van der Waals surface area contributed by atoms with Gasteiger partial charge in [0.15, 0.2) is 0 Å². The molecular weight excluding hydrogens is 592 g/mol. The van der Waals surface area contributed by atoms with Crippen molar-refractivity contribution in [3.05, 3.63) is 104 Å². The van der Waals surface area contributed by atoms with Gasteiger partial charge in [0.1, 0.15) is 8.55 Å². The molecule has 0 saturated heterocycles. The molecule has 1 aliphatic carbocycles. The van der Waals surface area contributed by atoms with Crippen LogP contribution in [0.4, 0.5) is 18.9 Å². The van der Waals surface area contributed by atoms with Crippen molar-refractivity contribution in [3.8, 4) is 11.1 Å². The van der Waals surface area contributed by atoms with Gasteiger partial charge in [0.05, 0.1) is 10.6 Å². The van der Waals surface area contributed by atoms with E-state index in [0.717, 1.165) is 34.6 Å². The van der Waals surface area contributed by atoms with Crippen LogP contribution in [-0.4, -0.2) is 20.4 Å². The van der Waals surface area contributed by atoms with Gasteiger partial charge in [-0.05, 0) is 71.5 Å². The van der Waals surface area contributed by atoms with Crippen LogP contribution in [0.5, 0.6) is 0 Å². The van der Waals surface area contributed by atoms with Crippen molar-refractivity contribution in [2.75, 3.05) is 5.32 Å². The topological polar surface area (TPSA) is 75.3 Å². The number of thiophene rings is 1. The lowest BCUT2D eigenvalue weighted by molar-refractivity contribution is -0.137. The lowest BCUT2D eigenvalue weighted by Gasteiger charge is -2.12. The minimum absolute atomic E-state index is 0.0353. The third-order valence-corrected chi connectivity index (χ3v) is 10.2. The number of rotatable bonds is 6. The number of halogens is 5. The normalized spacial score (nSPS) is 15.3. The van der Waals surface area contributed by atoms with Crippen molar-refractivity contribution in [1.82, 2.24) is 4.72 Å². The van der Waals surface area contributed by atoms with Crippen molar-refractivity contribution in [3.63, 3.8) is 0 Å². The first-order valence-electron chi connectivity index (χ1n) is 11.6. The van der Waals surface area contributed by atoms with Crippen molar-refractivity contribution in [2.24, 2.45) is 0 Å². The Labute approximate surface area is 236 Å². The molecule has 1 aromatic heterocycles. The molecule has 0 saturated carbocycles. The minimum atomic E-state index is -4.45. The Hall–Kier alpha value is -2.89. The fraction of sp³-hybridized carbons (Fsp3) is 0.148. The molecule has 1 heterocycles. The molecule has 0 radical (unpaired) electrons. The fourth-order valence-corrected chi connectivity index (χ4v) is 7.62. The first-order valence-corrected chi connectivity index (χ1v) is 14.6. The molecule has 0 spiro atoms. The first-order chi connectivity index (χ1) is 18.4. The van der Waals surface area contributed by atoms with Crippen molar-refractivity contribution in [1.29, 1.82) is 0 Å². The summed E-state index contributed by atoms with van der Waals surface area (Å²) in [4.78, 5) is 13.2. The molecule has 4 aromatic rings. The average molecular weight is 611 g/mol. The van der Waals surface area contributed by atoms with E-state index in [1.54, 1.807) is 36.4 Å². The third-order valence-electron chi connectivity index (χ3n) is 6.30. The number of hydrogen-bond acceptors (Lipinski definition) is 4. The maximum Gasteiger partial charge on any atom is 0.416 e. The highest BCUT2D eigenvalue weighted by atomic mass is 35.5. The molecule has 1 amide bonds. The van der Waals surface area contributed by atoms with Crippen LogP contribution in [-0.2, 0) is 29.0 Å². The summed E-state index contributed by atoms with van der Waals surface area (Å²) in [5.74, 6) is -0.424. The van der Waals surface area contributed by atoms with E-state index in [1.165, 1.54) is 18.2 Å². The van der Waals surface area contributed by atoms with Crippen molar-refractivity contribution in [2.45, 2.75) is 29.3 Å². The van der Waals surface area contributed by atoms with Crippen LogP contribution in [0.3, 0.4) is 0 Å². The van der Waals surface area contributed by atoms with Crippen molar-refractivity contribution >= 4 is 56.2 Å². The van der Waals surface area contributed by atoms with E-state index in [1.807, 2.05) is 6.07 Å². The minimum Gasteiger partial charge on any atom is -0.322 e. The number of carbonyl (C=O) groups excluding carboxylic acids is 1. The highest BCUT2D eigenvalue weighted by Gasteiger charge is 2.30. The number of benzene rings is 3. The number of amides is 1. The molecule has 1 aliphatic rings. The monoisotopic (exact) mass is 610 g/mol. The highest BCUT2D eigenvalue weighted by Crippen LogP contribution is 2.35. The molecule has 5 nitrogen and oxygen atoms in total. The highest BCUT2D eigenvalue weighted by molar-refractivity contribution is 7.91. The predicted octanol–water partition coefficient (Wildman–Crippen LogP) is 7.44. The first kappa shape index (κ1) is 27.7. The average Bonchev–Trinajstić information content (AvgIpc) is 3.44. The lowest BCUT2D eigenvalue weighted by Crippen LogP contribution is -2.34. The molecule has 1 atom stereocenters. The SMILES string of the molecule is O=C(Nc1ccc2c(c1)CC(NS(=O)(=O)c1cc(Cl)c(Cl)s1)C2)c1ccccc1-c1ccc(C(F)(F)F)cc1. The molecule has 2 N–H and O–H groups in total. The van der Waals surface area contributed by atoms with Gasteiger partial charge in [-0.25, -0.2) is 13.1 Å². The quantitative estimate of drug-likeness (QED) is 0.238. The van der Waals surface area contributed by atoms with Crippen LogP contribution in [0, 0.1) is 0 Å². The summed E-state index contributed by atoms with van der Waals surface area (Å²) < 4.78 is 67.3. The molecule has 1 unspecified atom stereocenters. The lowest BCUT2D eigenvalue weighted by atomic mass is 9.98. The zero-order valence-electron chi connectivity index (χ0n) is 19.9. The Morgan fingerprint density at radius 2 is 1.62 bits per heavy atom. The Morgan fingerprint density at radius 3 is 2.28 bits per heavy atom. The second kappa shape index (κ2) is 10.6. The Balaban J connectivity index is 1.30. The predicted molar refractivity (Wildman–Crippen MR) is 147 cm³/mol. The molecule has 5 rings (SSSR count). The van der Waals surface area contributed by atoms with Gasteiger partial charge in [-0.15, -0.1) is 11.3 Å². The van der Waals surface area contributed by atoms with E-state index in [4.69, 9.17) is 23.2 Å².